The number of unbranched alkanes of at least 4 members (excludes halogenated alkanes) is 8. The SMILES string of the molecule is CCCCCCCCCCCOC(=O)c1ccccc1C(=O)OCc1ccc(Cl)cc1OC. The topological polar surface area (TPSA) is 61.8 Å². The third kappa shape index (κ3) is 9.47. The van der Waals surface area contributed by atoms with E-state index in [-0.39, 0.29) is 17.7 Å². The van der Waals surface area contributed by atoms with Crippen LogP contribution >= 0.6 is 11.6 Å². The molecule has 180 valence electrons. The van der Waals surface area contributed by atoms with Crippen LogP contribution in [0.25, 0.3) is 0 Å². The second-order valence-electron chi connectivity index (χ2n) is 8.04. The van der Waals surface area contributed by atoms with Gasteiger partial charge in [0.05, 0.1) is 24.8 Å². The minimum absolute atomic E-state index is 0.000994. The van der Waals surface area contributed by atoms with E-state index in [0.717, 1.165) is 19.3 Å². The maximum atomic E-state index is 12.7. The van der Waals surface area contributed by atoms with Gasteiger partial charge < -0.3 is 14.2 Å². The van der Waals surface area contributed by atoms with Crippen LogP contribution in [0.5, 0.6) is 5.75 Å². The molecule has 33 heavy (non-hydrogen) atoms. The highest BCUT2D eigenvalue weighted by atomic mass is 35.5. The van der Waals surface area contributed by atoms with Gasteiger partial charge in [0.1, 0.15) is 12.4 Å². The predicted molar refractivity (Wildman–Crippen MR) is 131 cm³/mol. The van der Waals surface area contributed by atoms with Gasteiger partial charge in [0.2, 0.25) is 0 Å². The van der Waals surface area contributed by atoms with Gasteiger partial charge in [-0.3, -0.25) is 0 Å². The Kier molecular flexibility index (Phi) is 12.4. The normalized spacial score (nSPS) is 10.6. The number of ether oxygens (including phenoxy) is 3. The molecule has 0 aliphatic rings. The Morgan fingerprint density at radius 2 is 1.36 bits per heavy atom. The van der Waals surface area contributed by atoms with E-state index in [1.165, 1.54) is 45.6 Å². The van der Waals surface area contributed by atoms with E-state index < -0.39 is 11.9 Å². The molecule has 0 atom stereocenters. The second-order valence-corrected chi connectivity index (χ2v) is 8.48. The highest BCUT2D eigenvalue weighted by Gasteiger charge is 2.19. The Balaban J connectivity index is 1.79. The summed E-state index contributed by atoms with van der Waals surface area (Å²) >= 11 is 5.97. The maximum Gasteiger partial charge on any atom is 0.339 e. The zero-order chi connectivity index (χ0) is 23.9. The molecule has 0 aromatic heterocycles. The first-order chi connectivity index (χ1) is 16.1. The van der Waals surface area contributed by atoms with E-state index in [0.29, 0.717) is 22.9 Å². The first kappa shape index (κ1) is 26.7. The molecular weight excluding hydrogens is 440 g/mol. The lowest BCUT2D eigenvalue weighted by atomic mass is 10.1. The van der Waals surface area contributed by atoms with E-state index in [9.17, 15) is 9.59 Å². The molecule has 2 aromatic carbocycles. The number of hydrogen-bond acceptors (Lipinski definition) is 5. The molecule has 0 aliphatic heterocycles. The average molecular weight is 475 g/mol. The summed E-state index contributed by atoms with van der Waals surface area (Å²) in [7, 11) is 1.52. The highest BCUT2D eigenvalue weighted by Crippen LogP contribution is 2.24. The summed E-state index contributed by atoms with van der Waals surface area (Å²) < 4.78 is 16.1. The Labute approximate surface area is 202 Å². The van der Waals surface area contributed by atoms with Gasteiger partial charge in [-0.1, -0.05) is 88.1 Å². The van der Waals surface area contributed by atoms with Gasteiger partial charge in [0, 0.05) is 10.6 Å². The monoisotopic (exact) mass is 474 g/mol. The minimum atomic E-state index is -0.595. The smallest absolute Gasteiger partial charge is 0.339 e. The van der Waals surface area contributed by atoms with Crippen molar-refractivity contribution in [1.82, 2.24) is 0 Å². The summed E-state index contributed by atoms with van der Waals surface area (Å²) in [5, 5.41) is 0.530. The molecule has 0 radical (unpaired) electrons. The van der Waals surface area contributed by atoms with Gasteiger partial charge in [-0.2, -0.15) is 0 Å². The standard InChI is InChI=1S/C27H35ClO5/c1-3-4-5-6-7-8-9-10-13-18-32-26(29)23-14-11-12-15-24(23)27(30)33-20-21-16-17-22(28)19-25(21)31-2/h11-12,14-17,19H,3-10,13,18,20H2,1-2H3. The number of halogens is 1. The van der Waals surface area contributed by atoms with Crippen LogP contribution < -0.4 is 4.74 Å². The Morgan fingerprint density at radius 3 is 1.97 bits per heavy atom. The van der Waals surface area contributed by atoms with Crippen molar-refractivity contribution in [3.63, 3.8) is 0 Å². The van der Waals surface area contributed by atoms with Crippen molar-refractivity contribution in [2.75, 3.05) is 13.7 Å². The Hall–Kier alpha value is -2.53. The van der Waals surface area contributed by atoms with Crippen LogP contribution in [0.4, 0.5) is 0 Å². The van der Waals surface area contributed by atoms with Crippen LogP contribution in [0, 0.1) is 0 Å². The van der Waals surface area contributed by atoms with Crippen molar-refractivity contribution in [2.45, 2.75) is 71.3 Å². The lowest BCUT2D eigenvalue weighted by Gasteiger charge is -2.12. The van der Waals surface area contributed by atoms with Crippen molar-refractivity contribution in [1.29, 1.82) is 0 Å². The zero-order valence-corrected chi connectivity index (χ0v) is 20.5. The van der Waals surface area contributed by atoms with Gasteiger partial charge >= 0.3 is 11.9 Å². The number of esters is 2. The molecule has 0 unspecified atom stereocenters. The molecule has 5 nitrogen and oxygen atoms in total. The summed E-state index contributed by atoms with van der Waals surface area (Å²) in [5.41, 5.74) is 1.07. The average Bonchev–Trinajstić information content (AvgIpc) is 2.84. The van der Waals surface area contributed by atoms with Gasteiger partial charge in [0.25, 0.3) is 0 Å². The summed E-state index contributed by atoms with van der Waals surface area (Å²) in [6.07, 6.45) is 10.7. The maximum absolute atomic E-state index is 12.7. The molecule has 0 N–H and O–H groups in total. The highest BCUT2D eigenvalue weighted by molar-refractivity contribution is 6.30. The van der Waals surface area contributed by atoms with Gasteiger partial charge in [-0.15, -0.1) is 0 Å². The molecular formula is C27H35ClO5. The number of benzene rings is 2. The van der Waals surface area contributed by atoms with Crippen molar-refractivity contribution >= 4 is 23.5 Å². The van der Waals surface area contributed by atoms with Crippen molar-refractivity contribution in [3.8, 4) is 5.75 Å². The third-order valence-electron chi connectivity index (χ3n) is 5.46. The predicted octanol–water partition coefficient (Wildman–Crippen LogP) is 7.39. The van der Waals surface area contributed by atoms with Crippen LogP contribution in [0.2, 0.25) is 5.02 Å². The first-order valence-electron chi connectivity index (χ1n) is 11.8. The number of hydrogen-bond donors (Lipinski definition) is 0. The van der Waals surface area contributed by atoms with Crippen LogP contribution in [0.1, 0.15) is 91.0 Å². The number of methoxy groups -OCH3 is 1. The lowest BCUT2D eigenvalue weighted by Crippen LogP contribution is -2.14. The summed E-state index contributed by atoms with van der Waals surface area (Å²) in [4.78, 5) is 25.2. The Bertz CT molecular complexity index is 881. The van der Waals surface area contributed by atoms with Crippen LogP contribution in [-0.4, -0.2) is 25.7 Å². The largest absolute Gasteiger partial charge is 0.496 e. The molecule has 0 saturated heterocycles. The molecule has 2 aromatic rings. The number of carbonyl (C=O) groups excluding carboxylic acids is 2. The molecule has 0 fully saturated rings. The van der Waals surface area contributed by atoms with Crippen molar-refractivity contribution < 1.29 is 23.8 Å². The Morgan fingerprint density at radius 1 is 0.788 bits per heavy atom. The number of carbonyl (C=O) groups is 2. The van der Waals surface area contributed by atoms with E-state index in [1.807, 2.05) is 0 Å². The van der Waals surface area contributed by atoms with Crippen LogP contribution in [0.15, 0.2) is 42.5 Å². The van der Waals surface area contributed by atoms with E-state index in [2.05, 4.69) is 6.92 Å². The first-order valence-corrected chi connectivity index (χ1v) is 12.2. The van der Waals surface area contributed by atoms with Gasteiger partial charge in [0.15, 0.2) is 0 Å². The molecule has 6 heteroatoms. The summed E-state index contributed by atoms with van der Waals surface area (Å²) in [5.74, 6) is -0.572. The van der Waals surface area contributed by atoms with Crippen LogP contribution in [-0.2, 0) is 16.1 Å². The molecule has 0 bridgehead atoms. The molecule has 0 heterocycles. The summed E-state index contributed by atoms with van der Waals surface area (Å²) in [6.45, 7) is 2.57. The minimum Gasteiger partial charge on any atom is -0.496 e. The molecule has 0 spiro atoms. The summed E-state index contributed by atoms with van der Waals surface area (Å²) in [6, 6.07) is 11.6. The van der Waals surface area contributed by atoms with E-state index in [4.69, 9.17) is 25.8 Å². The third-order valence-corrected chi connectivity index (χ3v) is 5.69. The van der Waals surface area contributed by atoms with Gasteiger partial charge in [-0.05, 0) is 30.7 Å². The molecule has 2 rings (SSSR count). The molecule has 0 aliphatic carbocycles. The quantitative estimate of drug-likeness (QED) is 0.199. The van der Waals surface area contributed by atoms with Crippen LogP contribution in [0.3, 0.4) is 0 Å². The fourth-order valence-corrected chi connectivity index (χ4v) is 3.72. The lowest BCUT2D eigenvalue weighted by molar-refractivity contribution is 0.0434. The molecule has 0 amide bonds. The van der Waals surface area contributed by atoms with E-state index >= 15 is 0 Å². The number of rotatable bonds is 15. The second kappa shape index (κ2) is 15.3. The van der Waals surface area contributed by atoms with E-state index in [1.54, 1.807) is 42.5 Å². The molecule has 0 saturated carbocycles. The fraction of sp³-hybridized carbons (Fsp3) is 0.481. The van der Waals surface area contributed by atoms with Crippen molar-refractivity contribution in [2.24, 2.45) is 0 Å². The fourth-order valence-electron chi connectivity index (χ4n) is 3.55. The van der Waals surface area contributed by atoms with Crippen molar-refractivity contribution in [3.05, 3.63) is 64.2 Å². The van der Waals surface area contributed by atoms with Gasteiger partial charge in [-0.25, -0.2) is 9.59 Å². The zero-order valence-electron chi connectivity index (χ0n) is 19.7.